The number of nitrogens with one attached hydrogen (secondary N) is 2. The van der Waals surface area contributed by atoms with Gasteiger partial charge in [0.1, 0.15) is 0 Å². The zero-order valence-corrected chi connectivity index (χ0v) is 15.6. The first-order chi connectivity index (χ1) is 12.9. The second kappa shape index (κ2) is 7.99. The van der Waals surface area contributed by atoms with Crippen molar-refractivity contribution >= 4 is 23.3 Å². The lowest BCUT2D eigenvalue weighted by Crippen LogP contribution is -2.30. The molecule has 0 aromatic heterocycles. The summed E-state index contributed by atoms with van der Waals surface area (Å²) in [6.07, 6.45) is 0. The van der Waals surface area contributed by atoms with Crippen molar-refractivity contribution in [1.82, 2.24) is 4.90 Å². The molecule has 0 atom stereocenters. The largest absolute Gasteiger partial charge is 0.454 e. The number of nitrogens with zero attached hydrogens (tertiary/aromatic N) is 1. The number of rotatable bonds is 5. The standard InChI is InChI=1S/C20H23N3O4/c1-13(2)19(24)21-15-5-7-16(8-6-15)22-20(25)23(3)11-14-4-9-17-18(10-14)27-12-26-17/h4-10,13H,11-12H2,1-3H3,(H,21,24)(H,22,25). The molecule has 2 N–H and O–H groups in total. The van der Waals surface area contributed by atoms with Gasteiger partial charge in [0, 0.05) is 30.9 Å². The summed E-state index contributed by atoms with van der Waals surface area (Å²) in [6, 6.07) is 12.4. The van der Waals surface area contributed by atoms with E-state index in [0.29, 0.717) is 23.7 Å². The number of hydrogen-bond acceptors (Lipinski definition) is 4. The number of fused-ring (bicyclic) bond motifs is 1. The lowest BCUT2D eigenvalue weighted by atomic mass is 10.2. The Kier molecular flexibility index (Phi) is 5.49. The Morgan fingerprint density at radius 1 is 1.00 bits per heavy atom. The summed E-state index contributed by atoms with van der Waals surface area (Å²) in [5.41, 5.74) is 2.30. The number of amides is 3. The lowest BCUT2D eigenvalue weighted by molar-refractivity contribution is -0.118. The quantitative estimate of drug-likeness (QED) is 0.843. The average Bonchev–Trinajstić information content (AvgIpc) is 3.11. The predicted octanol–water partition coefficient (Wildman–Crippen LogP) is 3.67. The van der Waals surface area contributed by atoms with Crippen LogP contribution < -0.4 is 20.1 Å². The zero-order chi connectivity index (χ0) is 19.4. The minimum absolute atomic E-state index is 0.0461. The van der Waals surface area contributed by atoms with E-state index in [-0.39, 0.29) is 24.6 Å². The van der Waals surface area contributed by atoms with Crippen molar-refractivity contribution in [3.05, 3.63) is 48.0 Å². The molecule has 7 nitrogen and oxygen atoms in total. The van der Waals surface area contributed by atoms with Crippen LogP contribution in [0.3, 0.4) is 0 Å². The lowest BCUT2D eigenvalue weighted by Gasteiger charge is -2.18. The van der Waals surface area contributed by atoms with Crippen molar-refractivity contribution in [2.75, 3.05) is 24.5 Å². The van der Waals surface area contributed by atoms with Gasteiger partial charge in [-0.1, -0.05) is 19.9 Å². The fourth-order valence-electron chi connectivity index (χ4n) is 2.53. The second-order valence-electron chi connectivity index (χ2n) is 6.70. The minimum atomic E-state index is -0.230. The van der Waals surface area contributed by atoms with E-state index in [9.17, 15) is 9.59 Å². The number of hydrogen-bond donors (Lipinski definition) is 2. The van der Waals surface area contributed by atoms with Crippen molar-refractivity contribution < 1.29 is 19.1 Å². The third-order valence-electron chi connectivity index (χ3n) is 4.13. The molecule has 0 bridgehead atoms. The van der Waals surface area contributed by atoms with Gasteiger partial charge in [-0.3, -0.25) is 4.79 Å². The van der Waals surface area contributed by atoms with Gasteiger partial charge in [0.2, 0.25) is 12.7 Å². The predicted molar refractivity (Wildman–Crippen MR) is 103 cm³/mol. The molecule has 0 saturated carbocycles. The molecule has 0 unspecified atom stereocenters. The molecule has 0 aliphatic carbocycles. The molecule has 7 heteroatoms. The monoisotopic (exact) mass is 369 g/mol. The topological polar surface area (TPSA) is 79.9 Å². The van der Waals surface area contributed by atoms with Gasteiger partial charge >= 0.3 is 6.03 Å². The molecule has 2 aromatic rings. The van der Waals surface area contributed by atoms with Gasteiger partial charge < -0.3 is 25.0 Å². The summed E-state index contributed by atoms with van der Waals surface area (Å²) in [4.78, 5) is 25.7. The number of carbonyl (C=O) groups is 2. The molecule has 1 aliphatic heterocycles. The molecule has 2 aromatic carbocycles. The molecule has 0 spiro atoms. The van der Waals surface area contributed by atoms with Crippen molar-refractivity contribution in [3.63, 3.8) is 0 Å². The van der Waals surface area contributed by atoms with Crippen molar-refractivity contribution in [1.29, 1.82) is 0 Å². The SMILES string of the molecule is CC(C)C(=O)Nc1ccc(NC(=O)N(C)Cc2ccc3c(c2)OCO3)cc1. The maximum absolute atomic E-state index is 12.4. The first kappa shape index (κ1) is 18.6. The number of benzene rings is 2. The molecule has 3 rings (SSSR count). The van der Waals surface area contributed by atoms with Crippen LogP contribution in [0.25, 0.3) is 0 Å². The van der Waals surface area contributed by atoms with Gasteiger partial charge in [0.15, 0.2) is 11.5 Å². The van der Waals surface area contributed by atoms with Crippen molar-refractivity contribution in [3.8, 4) is 11.5 Å². The van der Waals surface area contributed by atoms with Gasteiger partial charge in [0.05, 0.1) is 0 Å². The summed E-state index contributed by atoms with van der Waals surface area (Å²) in [6.45, 7) is 4.33. The number of urea groups is 1. The number of ether oxygens (including phenoxy) is 2. The van der Waals surface area contributed by atoms with E-state index in [1.807, 2.05) is 32.0 Å². The molecule has 1 heterocycles. The molecular formula is C20H23N3O4. The fourth-order valence-corrected chi connectivity index (χ4v) is 2.53. The van der Waals surface area contributed by atoms with Gasteiger partial charge in [-0.2, -0.15) is 0 Å². The average molecular weight is 369 g/mol. The van der Waals surface area contributed by atoms with Crippen LogP contribution in [-0.2, 0) is 11.3 Å². The molecule has 142 valence electrons. The highest BCUT2D eigenvalue weighted by Gasteiger charge is 2.15. The summed E-state index contributed by atoms with van der Waals surface area (Å²) >= 11 is 0. The Labute approximate surface area is 158 Å². The highest BCUT2D eigenvalue weighted by Crippen LogP contribution is 2.32. The number of anilines is 2. The first-order valence-corrected chi connectivity index (χ1v) is 8.74. The second-order valence-corrected chi connectivity index (χ2v) is 6.70. The Morgan fingerprint density at radius 3 is 2.30 bits per heavy atom. The van der Waals surface area contributed by atoms with Crippen molar-refractivity contribution in [2.24, 2.45) is 5.92 Å². The fraction of sp³-hybridized carbons (Fsp3) is 0.300. The van der Waals surface area contributed by atoms with Crippen LogP contribution in [-0.4, -0.2) is 30.7 Å². The van der Waals surface area contributed by atoms with Crippen LogP contribution in [0.15, 0.2) is 42.5 Å². The van der Waals surface area contributed by atoms with E-state index >= 15 is 0 Å². The molecule has 0 saturated heterocycles. The summed E-state index contributed by atoms with van der Waals surface area (Å²) in [7, 11) is 1.72. The van der Waals surface area contributed by atoms with E-state index < -0.39 is 0 Å². The summed E-state index contributed by atoms with van der Waals surface area (Å²) in [5, 5.41) is 5.65. The summed E-state index contributed by atoms with van der Waals surface area (Å²) < 4.78 is 10.6. The first-order valence-electron chi connectivity index (χ1n) is 8.74. The molecule has 0 radical (unpaired) electrons. The molecule has 3 amide bonds. The van der Waals surface area contributed by atoms with Gasteiger partial charge in [-0.25, -0.2) is 4.79 Å². The normalized spacial score (nSPS) is 12.0. The van der Waals surface area contributed by atoms with Crippen LogP contribution in [0.1, 0.15) is 19.4 Å². The molecular weight excluding hydrogens is 346 g/mol. The molecule has 0 fully saturated rings. The Bertz CT molecular complexity index is 834. The third-order valence-corrected chi connectivity index (χ3v) is 4.13. The summed E-state index contributed by atoms with van der Waals surface area (Å²) in [5.74, 6) is 1.28. The van der Waals surface area contributed by atoms with E-state index in [1.165, 1.54) is 0 Å². The van der Waals surface area contributed by atoms with Gasteiger partial charge in [-0.05, 0) is 42.0 Å². The van der Waals surface area contributed by atoms with Crippen molar-refractivity contribution in [2.45, 2.75) is 20.4 Å². The molecule has 1 aliphatic rings. The van der Waals surface area contributed by atoms with E-state index in [4.69, 9.17) is 9.47 Å². The van der Waals surface area contributed by atoms with E-state index in [0.717, 1.165) is 11.3 Å². The maximum atomic E-state index is 12.4. The third kappa shape index (κ3) is 4.69. The van der Waals surface area contributed by atoms with E-state index in [1.54, 1.807) is 36.2 Å². The number of carbonyl (C=O) groups excluding carboxylic acids is 2. The minimum Gasteiger partial charge on any atom is -0.454 e. The Morgan fingerprint density at radius 2 is 1.63 bits per heavy atom. The maximum Gasteiger partial charge on any atom is 0.321 e. The van der Waals surface area contributed by atoms with Crippen LogP contribution in [0.5, 0.6) is 11.5 Å². The highest BCUT2D eigenvalue weighted by molar-refractivity contribution is 5.93. The van der Waals surface area contributed by atoms with Gasteiger partial charge in [-0.15, -0.1) is 0 Å². The molecule has 27 heavy (non-hydrogen) atoms. The zero-order valence-electron chi connectivity index (χ0n) is 15.6. The highest BCUT2D eigenvalue weighted by atomic mass is 16.7. The van der Waals surface area contributed by atoms with Crippen LogP contribution in [0, 0.1) is 5.92 Å². The Balaban J connectivity index is 1.55. The Hall–Kier alpha value is -3.22. The van der Waals surface area contributed by atoms with E-state index in [2.05, 4.69) is 10.6 Å². The van der Waals surface area contributed by atoms with Crippen LogP contribution in [0.4, 0.5) is 16.2 Å². The smallest absolute Gasteiger partial charge is 0.321 e. The van der Waals surface area contributed by atoms with Crippen LogP contribution >= 0.6 is 0 Å². The van der Waals surface area contributed by atoms with Gasteiger partial charge in [0.25, 0.3) is 0 Å². The van der Waals surface area contributed by atoms with Crippen LogP contribution in [0.2, 0.25) is 0 Å².